The standard InChI is InChI=1S/C21H30N2O/c1-7-8-9-10-19-15(2)22-23(16(19)3)20(24)17-11-13-18(14-12-17)21(4,5)6/h11-14H,7-10H2,1-6H3. The third-order valence-electron chi connectivity index (χ3n) is 4.66. The molecule has 0 aliphatic carbocycles. The summed E-state index contributed by atoms with van der Waals surface area (Å²) in [6.45, 7) is 12.7. The van der Waals surface area contributed by atoms with Crippen molar-refractivity contribution in [3.8, 4) is 0 Å². The summed E-state index contributed by atoms with van der Waals surface area (Å²) in [5.74, 6) is -0.0437. The zero-order valence-electron chi connectivity index (χ0n) is 15.9. The second-order valence-corrected chi connectivity index (χ2v) is 7.65. The van der Waals surface area contributed by atoms with E-state index < -0.39 is 0 Å². The monoisotopic (exact) mass is 326 g/mol. The maximum absolute atomic E-state index is 12.8. The van der Waals surface area contributed by atoms with Crippen molar-refractivity contribution < 1.29 is 4.79 Å². The molecule has 0 fully saturated rings. The third-order valence-corrected chi connectivity index (χ3v) is 4.66. The molecule has 0 atom stereocenters. The Hall–Kier alpha value is -1.90. The quantitative estimate of drug-likeness (QED) is 0.706. The van der Waals surface area contributed by atoms with Gasteiger partial charge in [0.25, 0.3) is 5.91 Å². The van der Waals surface area contributed by atoms with Crippen molar-refractivity contribution in [2.75, 3.05) is 0 Å². The number of rotatable bonds is 5. The fourth-order valence-corrected chi connectivity index (χ4v) is 3.02. The molecular weight excluding hydrogens is 296 g/mol. The maximum Gasteiger partial charge on any atom is 0.278 e. The molecule has 0 N–H and O–H groups in total. The molecule has 3 heteroatoms. The third kappa shape index (κ3) is 3.95. The van der Waals surface area contributed by atoms with Crippen molar-refractivity contribution in [3.63, 3.8) is 0 Å². The maximum atomic E-state index is 12.8. The van der Waals surface area contributed by atoms with Gasteiger partial charge in [0.15, 0.2) is 0 Å². The number of unbranched alkanes of at least 4 members (excludes halogenated alkanes) is 2. The van der Waals surface area contributed by atoms with Gasteiger partial charge in [0.2, 0.25) is 0 Å². The number of aromatic nitrogens is 2. The summed E-state index contributed by atoms with van der Waals surface area (Å²) >= 11 is 0. The van der Waals surface area contributed by atoms with Crippen LogP contribution in [-0.2, 0) is 11.8 Å². The highest BCUT2D eigenvalue weighted by atomic mass is 16.2. The Labute approximate surface area is 146 Å². The second kappa shape index (κ2) is 7.33. The largest absolute Gasteiger partial charge is 0.278 e. The molecule has 0 spiro atoms. The molecule has 1 heterocycles. The molecule has 0 radical (unpaired) electrons. The van der Waals surface area contributed by atoms with E-state index in [1.807, 2.05) is 38.1 Å². The van der Waals surface area contributed by atoms with Gasteiger partial charge in [0.1, 0.15) is 0 Å². The van der Waals surface area contributed by atoms with Gasteiger partial charge in [0.05, 0.1) is 5.69 Å². The average Bonchev–Trinajstić information content (AvgIpc) is 2.81. The Morgan fingerprint density at radius 1 is 1.08 bits per heavy atom. The normalized spacial score (nSPS) is 11.8. The van der Waals surface area contributed by atoms with Crippen LogP contribution < -0.4 is 0 Å². The van der Waals surface area contributed by atoms with Gasteiger partial charge in [0, 0.05) is 11.3 Å². The summed E-state index contributed by atoms with van der Waals surface area (Å²) in [6, 6.07) is 7.91. The lowest BCUT2D eigenvalue weighted by Gasteiger charge is -2.19. The van der Waals surface area contributed by atoms with Gasteiger partial charge in [-0.1, -0.05) is 52.7 Å². The number of hydrogen-bond donors (Lipinski definition) is 0. The Morgan fingerprint density at radius 3 is 2.25 bits per heavy atom. The molecule has 2 aromatic rings. The van der Waals surface area contributed by atoms with Crippen molar-refractivity contribution in [2.24, 2.45) is 0 Å². The first kappa shape index (κ1) is 18.4. The molecule has 1 aromatic carbocycles. The van der Waals surface area contributed by atoms with E-state index in [0.717, 1.165) is 24.2 Å². The summed E-state index contributed by atoms with van der Waals surface area (Å²) in [6.07, 6.45) is 4.57. The second-order valence-electron chi connectivity index (χ2n) is 7.65. The number of nitrogens with zero attached hydrogens (tertiary/aromatic N) is 2. The number of aryl methyl sites for hydroxylation is 1. The van der Waals surface area contributed by atoms with Crippen LogP contribution in [-0.4, -0.2) is 15.7 Å². The van der Waals surface area contributed by atoms with Crippen molar-refractivity contribution >= 4 is 5.91 Å². The van der Waals surface area contributed by atoms with Crippen LogP contribution in [0.15, 0.2) is 24.3 Å². The van der Waals surface area contributed by atoms with Crippen LogP contribution in [0.5, 0.6) is 0 Å². The molecule has 24 heavy (non-hydrogen) atoms. The fourth-order valence-electron chi connectivity index (χ4n) is 3.02. The zero-order chi connectivity index (χ0) is 17.9. The molecule has 0 aliphatic heterocycles. The first-order chi connectivity index (χ1) is 11.3. The number of hydrogen-bond acceptors (Lipinski definition) is 2. The number of carbonyl (C=O) groups excluding carboxylic acids is 1. The average molecular weight is 326 g/mol. The molecule has 3 nitrogen and oxygen atoms in total. The van der Waals surface area contributed by atoms with Gasteiger partial charge in [-0.25, -0.2) is 4.68 Å². The lowest BCUT2D eigenvalue weighted by Crippen LogP contribution is -2.16. The molecule has 2 rings (SSSR count). The van der Waals surface area contributed by atoms with E-state index in [-0.39, 0.29) is 11.3 Å². The fraction of sp³-hybridized carbons (Fsp3) is 0.524. The van der Waals surface area contributed by atoms with Crippen molar-refractivity contribution in [3.05, 3.63) is 52.3 Å². The SMILES string of the molecule is CCCCCc1c(C)nn(C(=O)c2ccc(C(C)(C)C)cc2)c1C. The van der Waals surface area contributed by atoms with E-state index in [4.69, 9.17) is 0 Å². The minimum absolute atomic E-state index is 0.0437. The lowest BCUT2D eigenvalue weighted by atomic mass is 9.87. The van der Waals surface area contributed by atoms with E-state index in [1.54, 1.807) is 4.68 Å². The Bertz CT molecular complexity index is 703. The predicted octanol–water partition coefficient (Wildman–Crippen LogP) is 5.22. The highest BCUT2D eigenvalue weighted by Gasteiger charge is 2.19. The minimum atomic E-state index is -0.0437. The topological polar surface area (TPSA) is 34.9 Å². The van der Waals surface area contributed by atoms with Gasteiger partial charge in [-0.15, -0.1) is 0 Å². The van der Waals surface area contributed by atoms with Crippen molar-refractivity contribution in [2.45, 2.75) is 72.6 Å². The Morgan fingerprint density at radius 2 is 1.71 bits per heavy atom. The zero-order valence-corrected chi connectivity index (χ0v) is 15.9. The molecule has 0 bridgehead atoms. The van der Waals surface area contributed by atoms with Gasteiger partial charge in [-0.05, 0) is 55.4 Å². The van der Waals surface area contributed by atoms with Gasteiger partial charge < -0.3 is 0 Å². The molecule has 0 amide bonds. The van der Waals surface area contributed by atoms with Crippen LogP contribution in [0.2, 0.25) is 0 Å². The summed E-state index contributed by atoms with van der Waals surface area (Å²) in [7, 11) is 0. The molecular formula is C21H30N2O. The highest BCUT2D eigenvalue weighted by molar-refractivity contribution is 5.96. The smallest absolute Gasteiger partial charge is 0.267 e. The molecule has 0 saturated carbocycles. The molecule has 0 saturated heterocycles. The summed E-state index contributed by atoms with van der Waals surface area (Å²) in [5, 5.41) is 4.50. The van der Waals surface area contributed by atoms with E-state index in [1.165, 1.54) is 24.0 Å². The first-order valence-electron chi connectivity index (χ1n) is 8.96. The van der Waals surface area contributed by atoms with E-state index in [9.17, 15) is 4.79 Å². The Balaban J connectivity index is 2.25. The van der Waals surface area contributed by atoms with Crippen molar-refractivity contribution in [1.82, 2.24) is 9.78 Å². The molecule has 0 aliphatic rings. The van der Waals surface area contributed by atoms with Crippen LogP contribution in [0.3, 0.4) is 0 Å². The van der Waals surface area contributed by atoms with E-state index in [2.05, 4.69) is 32.8 Å². The molecule has 130 valence electrons. The number of benzene rings is 1. The van der Waals surface area contributed by atoms with Crippen LogP contribution in [0.25, 0.3) is 0 Å². The van der Waals surface area contributed by atoms with Gasteiger partial charge in [-0.2, -0.15) is 5.10 Å². The summed E-state index contributed by atoms with van der Waals surface area (Å²) < 4.78 is 1.57. The summed E-state index contributed by atoms with van der Waals surface area (Å²) in [5.41, 5.74) is 5.19. The van der Waals surface area contributed by atoms with Gasteiger partial charge >= 0.3 is 0 Å². The van der Waals surface area contributed by atoms with Crippen LogP contribution >= 0.6 is 0 Å². The van der Waals surface area contributed by atoms with Crippen LogP contribution in [0.1, 0.15) is 79.8 Å². The van der Waals surface area contributed by atoms with Crippen LogP contribution in [0, 0.1) is 13.8 Å². The lowest BCUT2D eigenvalue weighted by molar-refractivity contribution is 0.0942. The predicted molar refractivity (Wildman–Crippen MR) is 99.8 cm³/mol. The minimum Gasteiger partial charge on any atom is -0.267 e. The molecule has 0 unspecified atom stereocenters. The van der Waals surface area contributed by atoms with E-state index >= 15 is 0 Å². The highest BCUT2D eigenvalue weighted by Crippen LogP contribution is 2.23. The number of carbonyl (C=O) groups is 1. The van der Waals surface area contributed by atoms with Crippen molar-refractivity contribution in [1.29, 1.82) is 0 Å². The van der Waals surface area contributed by atoms with Crippen LogP contribution in [0.4, 0.5) is 0 Å². The molecule has 1 aromatic heterocycles. The first-order valence-corrected chi connectivity index (χ1v) is 8.96. The summed E-state index contributed by atoms with van der Waals surface area (Å²) in [4.78, 5) is 12.8. The van der Waals surface area contributed by atoms with E-state index in [0.29, 0.717) is 5.56 Å². The van der Waals surface area contributed by atoms with Gasteiger partial charge in [-0.3, -0.25) is 4.79 Å². The Kier molecular flexibility index (Phi) is 5.63.